The highest BCUT2D eigenvalue weighted by Gasteiger charge is 2.33. The molecule has 0 aliphatic carbocycles. The highest BCUT2D eigenvalue weighted by Crippen LogP contribution is 2.34. The van der Waals surface area contributed by atoms with E-state index in [4.69, 9.17) is 0 Å². The Kier molecular flexibility index (Phi) is 5.07. The average Bonchev–Trinajstić information content (AvgIpc) is 3.35. The summed E-state index contributed by atoms with van der Waals surface area (Å²) >= 11 is 1.48. The largest absolute Gasteiger partial charge is 0.480 e. The first-order chi connectivity index (χ1) is 15.4. The number of rotatable bonds is 5. The number of carbonyl (C=O) groups is 2. The third-order valence-corrected chi connectivity index (χ3v) is 6.95. The van der Waals surface area contributed by atoms with Crippen LogP contribution in [-0.4, -0.2) is 62.2 Å². The van der Waals surface area contributed by atoms with Crippen molar-refractivity contribution in [3.8, 4) is 0 Å². The zero-order valence-corrected chi connectivity index (χ0v) is 18.2. The number of hydrogen-bond acceptors (Lipinski definition) is 6. The van der Waals surface area contributed by atoms with Gasteiger partial charge in [0.2, 0.25) is 0 Å². The van der Waals surface area contributed by atoms with Gasteiger partial charge in [0.25, 0.3) is 0 Å². The number of fused-ring (bicyclic) bond motifs is 2. The van der Waals surface area contributed by atoms with Crippen LogP contribution in [0.25, 0.3) is 21.0 Å². The lowest BCUT2D eigenvalue weighted by atomic mass is 10.0. The van der Waals surface area contributed by atoms with Gasteiger partial charge < -0.3 is 19.7 Å². The quantitative estimate of drug-likeness (QED) is 0.481. The maximum absolute atomic E-state index is 12.3. The standard InChI is InChI=1S/C23H22N4O4S/c1-25-13-17(15-7-6-14(22(28)29)12-18(15)25)20(23(30)31)26-8-10-27(11-9-26)21-16-4-2-3-5-19(16)32-24-21/h2-7,12-13,20H,8-11H2,1H3,(H,28,29)(H,30,31)/t20-/m0/s1. The first kappa shape index (κ1) is 20.5. The number of aromatic nitrogens is 2. The van der Waals surface area contributed by atoms with E-state index in [2.05, 4.69) is 21.4 Å². The van der Waals surface area contributed by atoms with Crippen LogP contribution in [0.3, 0.4) is 0 Å². The van der Waals surface area contributed by atoms with Gasteiger partial charge in [0.1, 0.15) is 11.9 Å². The van der Waals surface area contributed by atoms with Crippen molar-refractivity contribution in [2.24, 2.45) is 7.05 Å². The SMILES string of the molecule is Cn1cc([C@@H](C(=O)O)N2CCN(c3nsc4ccccc34)CC2)c2ccc(C(=O)O)cc21. The van der Waals surface area contributed by atoms with Crippen LogP contribution in [0.4, 0.5) is 5.82 Å². The van der Waals surface area contributed by atoms with Crippen molar-refractivity contribution < 1.29 is 19.8 Å². The van der Waals surface area contributed by atoms with Crippen LogP contribution in [-0.2, 0) is 11.8 Å². The predicted octanol–water partition coefficient (Wildman–Crippen LogP) is 3.43. The fourth-order valence-electron chi connectivity index (χ4n) is 4.54. The highest BCUT2D eigenvalue weighted by molar-refractivity contribution is 7.13. The summed E-state index contributed by atoms with van der Waals surface area (Å²) in [7, 11) is 1.81. The lowest BCUT2D eigenvalue weighted by Gasteiger charge is -2.38. The van der Waals surface area contributed by atoms with Crippen molar-refractivity contribution in [3.63, 3.8) is 0 Å². The maximum atomic E-state index is 12.3. The molecule has 1 saturated heterocycles. The van der Waals surface area contributed by atoms with Gasteiger partial charge in [-0.15, -0.1) is 0 Å². The first-order valence-electron chi connectivity index (χ1n) is 10.3. The molecule has 2 aromatic heterocycles. The van der Waals surface area contributed by atoms with Gasteiger partial charge in [0, 0.05) is 61.3 Å². The van der Waals surface area contributed by atoms with E-state index >= 15 is 0 Å². The average molecular weight is 451 g/mol. The number of nitrogens with zero attached hydrogens (tertiary/aromatic N) is 4. The van der Waals surface area contributed by atoms with Crippen LogP contribution in [0.5, 0.6) is 0 Å². The summed E-state index contributed by atoms with van der Waals surface area (Å²) in [5.41, 5.74) is 1.57. The predicted molar refractivity (Wildman–Crippen MR) is 124 cm³/mol. The van der Waals surface area contributed by atoms with Gasteiger partial charge in [0.05, 0.1) is 10.3 Å². The van der Waals surface area contributed by atoms with Crippen molar-refractivity contribution in [2.75, 3.05) is 31.1 Å². The van der Waals surface area contributed by atoms with Crippen LogP contribution < -0.4 is 4.90 Å². The van der Waals surface area contributed by atoms with E-state index in [1.54, 1.807) is 22.9 Å². The maximum Gasteiger partial charge on any atom is 0.335 e. The van der Waals surface area contributed by atoms with Crippen LogP contribution in [0.1, 0.15) is 22.0 Å². The second-order valence-electron chi connectivity index (χ2n) is 8.00. The van der Waals surface area contributed by atoms with E-state index in [9.17, 15) is 19.8 Å². The number of benzene rings is 2. The van der Waals surface area contributed by atoms with Gasteiger partial charge in [-0.1, -0.05) is 18.2 Å². The van der Waals surface area contributed by atoms with Crippen LogP contribution in [0.15, 0.2) is 48.7 Å². The van der Waals surface area contributed by atoms with Crippen LogP contribution in [0, 0.1) is 0 Å². The number of aliphatic carboxylic acids is 1. The minimum atomic E-state index is -1.00. The van der Waals surface area contributed by atoms with Gasteiger partial charge in [0.15, 0.2) is 0 Å². The molecule has 2 aromatic carbocycles. The van der Waals surface area contributed by atoms with E-state index in [-0.39, 0.29) is 5.56 Å². The lowest BCUT2D eigenvalue weighted by molar-refractivity contribution is -0.143. The Balaban J connectivity index is 1.42. The zero-order valence-electron chi connectivity index (χ0n) is 17.4. The third-order valence-electron chi connectivity index (χ3n) is 6.13. The van der Waals surface area contributed by atoms with Gasteiger partial charge in [-0.25, -0.2) is 4.79 Å². The molecule has 8 nitrogen and oxygen atoms in total. The Hall–Kier alpha value is -3.43. The van der Waals surface area contributed by atoms with Crippen molar-refractivity contribution in [1.29, 1.82) is 0 Å². The van der Waals surface area contributed by atoms with Gasteiger partial charge in [-0.05, 0) is 35.8 Å². The third kappa shape index (κ3) is 3.39. The summed E-state index contributed by atoms with van der Waals surface area (Å²) < 4.78 is 7.57. The van der Waals surface area contributed by atoms with Gasteiger partial charge >= 0.3 is 11.9 Å². The Morgan fingerprint density at radius 3 is 2.50 bits per heavy atom. The second kappa shape index (κ2) is 7.92. The topological polar surface area (TPSA) is 98.9 Å². The van der Waals surface area contributed by atoms with E-state index in [1.807, 2.05) is 24.1 Å². The molecule has 1 fully saturated rings. The summed E-state index contributed by atoms with van der Waals surface area (Å²) in [5.74, 6) is -0.953. The van der Waals surface area contributed by atoms with E-state index < -0.39 is 18.0 Å². The molecule has 1 aliphatic rings. The molecule has 32 heavy (non-hydrogen) atoms. The van der Waals surface area contributed by atoms with E-state index in [0.717, 1.165) is 21.3 Å². The molecule has 0 radical (unpaired) electrons. The Morgan fingerprint density at radius 1 is 1.03 bits per heavy atom. The molecule has 0 spiro atoms. The summed E-state index contributed by atoms with van der Waals surface area (Å²) in [5, 5.41) is 21.3. The fourth-order valence-corrected chi connectivity index (χ4v) is 5.34. The Morgan fingerprint density at radius 2 is 1.78 bits per heavy atom. The Labute approximate surface area is 188 Å². The summed E-state index contributed by atoms with van der Waals surface area (Å²) in [4.78, 5) is 27.9. The minimum absolute atomic E-state index is 0.182. The Bertz CT molecular complexity index is 1340. The van der Waals surface area contributed by atoms with Crippen LogP contribution >= 0.6 is 11.5 Å². The molecule has 9 heteroatoms. The monoisotopic (exact) mass is 450 g/mol. The molecule has 3 heterocycles. The smallest absolute Gasteiger partial charge is 0.335 e. The molecule has 4 aromatic rings. The fraction of sp³-hybridized carbons (Fsp3) is 0.261. The molecular weight excluding hydrogens is 428 g/mol. The van der Waals surface area contributed by atoms with Crippen molar-refractivity contribution in [3.05, 3.63) is 59.8 Å². The molecule has 0 unspecified atom stereocenters. The van der Waals surface area contributed by atoms with Crippen molar-refractivity contribution >= 4 is 50.3 Å². The van der Waals surface area contributed by atoms with Gasteiger partial charge in [-0.2, -0.15) is 4.37 Å². The number of aromatic carboxylic acids is 1. The first-order valence-corrected chi connectivity index (χ1v) is 11.1. The number of anilines is 1. The number of hydrogen-bond donors (Lipinski definition) is 2. The molecule has 0 saturated carbocycles. The minimum Gasteiger partial charge on any atom is -0.480 e. The van der Waals surface area contributed by atoms with Gasteiger partial charge in [-0.3, -0.25) is 9.69 Å². The number of aryl methyl sites for hydroxylation is 1. The molecule has 0 bridgehead atoms. The van der Waals surface area contributed by atoms with E-state index in [1.165, 1.54) is 17.6 Å². The highest BCUT2D eigenvalue weighted by atomic mass is 32.1. The summed E-state index contributed by atoms with van der Waals surface area (Å²) in [6, 6.07) is 12.2. The lowest BCUT2D eigenvalue weighted by Crippen LogP contribution is -2.49. The molecular formula is C23H22N4O4S. The van der Waals surface area contributed by atoms with Crippen LogP contribution in [0.2, 0.25) is 0 Å². The molecule has 1 atom stereocenters. The molecule has 2 N–H and O–H groups in total. The normalized spacial score (nSPS) is 16.0. The van der Waals surface area contributed by atoms with Crippen molar-refractivity contribution in [1.82, 2.24) is 13.8 Å². The summed E-state index contributed by atoms with van der Waals surface area (Å²) in [6.45, 7) is 2.55. The van der Waals surface area contributed by atoms with E-state index in [0.29, 0.717) is 37.3 Å². The van der Waals surface area contributed by atoms with Crippen molar-refractivity contribution in [2.45, 2.75) is 6.04 Å². The number of piperazine rings is 1. The molecule has 0 amide bonds. The number of carboxylic acids is 2. The zero-order chi connectivity index (χ0) is 22.4. The molecule has 5 rings (SSSR count). The summed E-state index contributed by atoms with van der Waals surface area (Å²) in [6.07, 6.45) is 1.80. The molecule has 1 aliphatic heterocycles. The number of carboxylic acid groups (broad SMARTS) is 2. The second-order valence-corrected chi connectivity index (χ2v) is 8.80. The molecule has 164 valence electrons.